The molecule has 2 aromatic rings. The summed E-state index contributed by atoms with van der Waals surface area (Å²) in [6.45, 7) is 4.12. The minimum absolute atomic E-state index is 0.231. The fraction of sp³-hybridized carbons (Fsp3) is 0.438. The number of thiazole rings is 1. The standard InChI is InChI=1S/C16H18BrFN2S/c1-2-19-9-11-4-3-5-14-15(11)20-16(21-14)10-6-7-13(18)12(17)8-10/h6-8,11,19H,2-5,9H2,1H3. The lowest BCUT2D eigenvalue weighted by Crippen LogP contribution is -2.23. The highest BCUT2D eigenvalue weighted by Crippen LogP contribution is 2.38. The normalized spacial score (nSPS) is 17.8. The first-order valence-electron chi connectivity index (χ1n) is 7.34. The molecule has 0 fully saturated rings. The highest BCUT2D eigenvalue weighted by atomic mass is 79.9. The van der Waals surface area contributed by atoms with Crippen LogP contribution in [0.25, 0.3) is 10.6 Å². The molecule has 3 rings (SSSR count). The topological polar surface area (TPSA) is 24.9 Å². The van der Waals surface area contributed by atoms with E-state index in [0.29, 0.717) is 10.4 Å². The first-order chi connectivity index (χ1) is 10.2. The van der Waals surface area contributed by atoms with Crippen molar-refractivity contribution in [2.24, 2.45) is 0 Å². The summed E-state index contributed by atoms with van der Waals surface area (Å²) in [4.78, 5) is 6.26. The Morgan fingerprint density at radius 3 is 3.10 bits per heavy atom. The molecule has 112 valence electrons. The number of fused-ring (bicyclic) bond motifs is 1. The Bertz CT molecular complexity index is 641. The second-order valence-electron chi connectivity index (χ2n) is 5.35. The van der Waals surface area contributed by atoms with Gasteiger partial charge in [-0.25, -0.2) is 9.37 Å². The van der Waals surface area contributed by atoms with Crippen LogP contribution in [0.4, 0.5) is 4.39 Å². The molecule has 0 aliphatic heterocycles. The average Bonchev–Trinajstić information content (AvgIpc) is 2.92. The number of benzene rings is 1. The minimum atomic E-state index is -0.231. The van der Waals surface area contributed by atoms with Gasteiger partial charge in [0.2, 0.25) is 0 Å². The summed E-state index contributed by atoms with van der Waals surface area (Å²) in [5.41, 5.74) is 2.24. The molecule has 21 heavy (non-hydrogen) atoms. The molecular formula is C16H18BrFN2S. The Morgan fingerprint density at radius 2 is 2.33 bits per heavy atom. The van der Waals surface area contributed by atoms with Crippen molar-refractivity contribution in [3.05, 3.63) is 39.1 Å². The van der Waals surface area contributed by atoms with Crippen molar-refractivity contribution in [1.29, 1.82) is 0 Å². The molecular weight excluding hydrogens is 351 g/mol. The molecule has 1 unspecified atom stereocenters. The third-order valence-electron chi connectivity index (χ3n) is 3.88. The number of likely N-dealkylation sites (N-methyl/N-ethyl adjacent to an activating group) is 1. The predicted molar refractivity (Wildman–Crippen MR) is 89.4 cm³/mol. The number of hydrogen-bond acceptors (Lipinski definition) is 3. The van der Waals surface area contributed by atoms with Crippen LogP contribution in [-0.2, 0) is 6.42 Å². The van der Waals surface area contributed by atoms with Crippen LogP contribution in [0, 0.1) is 5.82 Å². The molecule has 1 heterocycles. The maximum atomic E-state index is 13.4. The van der Waals surface area contributed by atoms with Crippen molar-refractivity contribution in [3.63, 3.8) is 0 Å². The van der Waals surface area contributed by atoms with Gasteiger partial charge in [0, 0.05) is 22.9 Å². The highest BCUT2D eigenvalue weighted by Gasteiger charge is 2.24. The van der Waals surface area contributed by atoms with Gasteiger partial charge in [0.25, 0.3) is 0 Å². The van der Waals surface area contributed by atoms with Crippen LogP contribution in [0.3, 0.4) is 0 Å². The van der Waals surface area contributed by atoms with Gasteiger partial charge in [-0.2, -0.15) is 0 Å². The van der Waals surface area contributed by atoms with Crippen molar-refractivity contribution in [1.82, 2.24) is 10.3 Å². The molecule has 5 heteroatoms. The van der Waals surface area contributed by atoms with E-state index in [0.717, 1.165) is 30.1 Å². The van der Waals surface area contributed by atoms with Gasteiger partial charge in [0.05, 0.1) is 10.2 Å². The second-order valence-corrected chi connectivity index (χ2v) is 7.29. The number of aryl methyl sites for hydroxylation is 1. The van der Waals surface area contributed by atoms with Crippen molar-refractivity contribution < 1.29 is 4.39 Å². The number of nitrogens with zero attached hydrogens (tertiary/aromatic N) is 1. The van der Waals surface area contributed by atoms with E-state index >= 15 is 0 Å². The highest BCUT2D eigenvalue weighted by molar-refractivity contribution is 9.10. The Labute approximate surface area is 136 Å². The zero-order chi connectivity index (χ0) is 14.8. The van der Waals surface area contributed by atoms with Gasteiger partial charge in [-0.15, -0.1) is 11.3 Å². The number of aromatic nitrogens is 1. The number of rotatable bonds is 4. The van der Waals surface area contributed by atoms with Crippen molar-refractivity contribution >= 4 is 27.3 Å². The Balaban J connectivity index is 1.91. The fourth-order valence-electron chi connectivity index (χ4n) is 2.78. The Hall–Kier alpha value is -0.780. The quantitative estimate of drug-likeness (QED) is 0.842. The lowest BCUT2D eigenvalue weighted by Gasteiger charge is -2.21. The monoisotopic (exact) mass is 368 g/mol. The number of halogens is 2. The van der Waals surface area contributed by atoms with Gasteiger partial charge < -0.3 is 5.32 Å². The molecule has 0 amide bonds. The molecule has 2 nitrogen and oxygen atoms in total. The largest absolute Gasteiger partial charge is 0.316 e. The molecule has 1 aliphatic carbocycles. The van der Waals surface area contributed by atoms with Crippen LogP contribution in [-0.4, -0.2) is 18.1 Å². The van der Waals surface area contributed by atoms with Gasteiger partial charge in [-0.3, -0.25) is 0 Å². The maximum absolute atomic E-state index is 13.4. The van der Waals surface area contributed by atoms with E-state index in [2.05, 4.69) is 28.2 Å². The summed E-state index contributed by atoms with van der Waals surface area (Å²) in [5, 5.41) is 4.44. The zero-order valence-electron chi connectivity index (χ0n) is 12.0. The number of hydrogen-bond donors (Lipinski definition) is 1. The zero-order valence-corrected chi connectivity index (χ0v) is 14.4. The van der Waals surface area contributed by atoms with Crippen LogP contribution in [0.1, 0.15) is 36.3 Å². The first kappa shape index (κ1) is 15.1. The van der Waals surface area contributed by atoms with Crippen molar-refractivity contribution in [3.8, 4) is 10.6 Å². The molecule has 0 spiro atoms. The fourth-order valence-corrected chi connectivity index (χ4v) is 4.34. The van der Waals surface area contributed by atoms with E-state index in [4.69, 9.17) is 4.98 Å². The summed E-state index contributed by atoms with van der Waals surface area (Å²) in [7, 11) is 0. The van der Waals surface area contributed by atoms with Gasteiger partial charge in [0.15, 0.2) is 0 Å². The molecule has 1 aliphatic rings. The van der Waals surface area contributed by atoms with E-state index in [-0.39, 0.29) is 5.82 Å². The molecule has 0 radical (unpaired) electrons. The summed E-state index contributed by atoms with van der Waals surface area (Å²) < 4.78 is 13.9. The first-order valence-corrected chi connectivity index (χ1v) is 8.95. The minimum Gasteiger partial charge on any atom is -0.316 e. The summed E-state index contributed by atoms with van der Waals surface area (Å²) in [5.74, 6) is 0.285. The lowest BCUT2D eigenvalue weighted by molar-refractivity contribution is 0.509. The van der Waals surface area contributed by atoms with E-state index in [1.807, 2.05) is 12.1 Å². The van der Waals surface area contributed by atoms with Crippen LogP contribution in [0.2, 0.25) is 0 Å². The van der Waals surface area contributed by atoms with Gasteiger partial charge in [-0.05, 0) is 59.9 Å². The average molecular weight is 369 g/mol. The van der Waals surface area contributed by atoms with Crippen molar-refractivity contribution in [2.45, 2.75) is 32.1 Å². The molecule has 1 atom stereocenters. The van der Waals surface area contributed by atoms with Crippen LogP contribution >= 0.6 is 27.3 Å². The Kier molecular flexibility index (Phi) is 4.72. The van der Waals surface area contributed by atoms with Crippen molar-refractivity contribution in [2.75, 3.05) is 13.1 Å². The maximum Gasteiger partial charge on any atom is 0.137 e. The molecule has 1 aromatic carbocycles. The number of nitrogens with one attached hydrogen (secondary N) is 1. The van der Waals surface area contributed by atoms with E-state index in [1.165, 1.54) is 29.5 Å². The summed E-state index contributed by atoms with van der Waals surface area (Å²) >= 11 is 5.01. The Morgan fingerprint density at radius 1 is 1.48 bits per heavy atom. The lowest BCUT2D eigenvalue weighted by atomic mass is 9.91. The van der Waals surface area contributed by atoms with Crippen LogP contribution in [0.15, 0.2) is 22.7 Å². The van der Waals surface area contributed by atoms with Crippen LogP contribution < -0.4 is 5.32 Å². The van der Waals surface area contributed by atoms with Gasteiger partial charge in [-0.1, -0.05) is 6.92 Å². The SMILES string of the molecule is CCNCC1CCCc2sc(-c3ccc(F)c(Br)c3)nc21. The van der Waals surface area contributed by atoms with E-state index in [1.54, 1.807) is 11.3 Å². The summed E-state index contributed by atoms with van der Waals surface area (Å²) in [6.07, 6.45) is 3.56. The smallest absolute Gasteiger partial charge is 0.137 e. The van der Waals surface area contributed by atoms with Gasteiger partial charge >= 0.3 is 0 Å². The van der Waals surface area contributed by atoms with Gasteiger partial charge in [0.1, 0.15) is 10.8 Å². The molecule has 0 saturated heterocycles. The van der Waals surface area contributed by atoms with E-state index in [9.17, 15) is 4.39 Å². The summed E-state index contributed by atoms with van der Waals surface area (Å²) in [6, 6.07) is 5.12. The third-order valence-corrected chi connectivity index (χ3v) is 5.67. The van der Waals surface area contributed by atoms with Crippen LogP contribution in [0.5, 0.6) is 0 Å². The predicted octanol–water partition coefficient (Wildman–Crippen LogP) is 4.74. The molecule has 1 aromatic heterocycles. The molecule has 0 saturated carbocycles. The third kappa shape index (κ3) is 3.20. The van der Waals surface area contributed by atoms with E-state index < -0.39 is 0 Å². The molecule has 0 bridgehead atoms. The molecule has 1 N–H and O–H groups in total. The second kappa shape index (κ2) is 6.55.